The number of para-hydroxylation sites is 1. The molecule has 0 fully saturated rings. The first-order valence-electron chi connectivity index (χ1n) is 10.2. The summed E-state index contributed by atoms with van der Waals surface area (Å²) in [4.78, 5) is 26.2. The number of aromatic hydroxyl groups is 1. The van der Waals surface area contributed by atoms with Crippen molar-refractivity contribution in [2.75, 3.05) is 0 Å². The first-order valence-corrected chi connectivity index (χ1v) is 10.2. The average molecular weight is 415 g/mol. The summed E-state index contributed by atoms with van der Waals surface area (Å²) in [5.41, 5.74) is 2.17. The Bertz CT molecular complexity index is 1000. The molecule has 0 aliphatic heterocycles. The topological polar surface area (TPSA) is 78.4 Å². The van der Waals surface area contributed by atoms with E-state index in [4.69, 9.17) is 0 Å². The SMILES string of the molecule is CC(NC(=O)C(=Cc1ccccc1O)C(=O)NC(C)c1ccccc1)c1ccccc1. The highest BCUT2D eigenvalue weighted by Gasteiger charge is 2.22. The zero-order chi connectivity index (χ0) is 22.2. The van der Waals surface area contributed by atoms with E-state index in [1.165, 1.54) is 12.1 Å². The maximum atomic E-state index is 13.1. The van der Waals surface area contributed by atoms with Crippen LogP contribution in [0.15, 0.2) is 90.5 Å². The number of nitrogens with one attached hydrogen (secondary N) is 2. The zero-order valence-corrected chi connectivity index (χ0v) is 17.6. The molecule has 2 amide bonds. The lowest BCUT2D eigenvalue weighted by molar-refractivity contribution is -0.124. The number of hydrogen-bond acceptors (Lipinski definition) is 3. The minimum absolute atomic E-state index is 0.00665. The van der Waals surface area contributed by atoms with Crippen LogP contribution in [0.1, 0.15) is 42.6 Å². The van der Waals surface area contributed by atoms with E-state index in [1.807, 2.05) is 74.5 Å². The van der Waals surface area contributed by atoms with E-state index in [1.54, 1.807) is 18.2 Å². The lowest BCUT2D eigenvalue weighted by Gasteiger charge is -2.18. The minimum atomic E-state index is -0.516. The number of amides is 2. The van der Waals surface area contributed by atoms with Crippen molar-refractivity contribution >= 4 is 17.9 Å². The number of carbonyl (C=O) groups is 2. The van der Waals surface area contributed by atoms with Gasteiger partial charge in [0.25, 0.3) is 11.8 Å². The van der Waals surface area contributed by atoms with Crippen molar-refractivity contribution in [3.05, 3.63) is 107 Å². The lowest BCUT2D eigenvalue weighted by Crippen LogP contribution is -2.36. The van der Waals surface area contributed by atoms with Crippen molar-refractivity contribution < 1.29 is 14.7 Å². The molecule has 0 spiro atoms. The molecule has 0 aromatic heterocycles. The van der Waals surface area contributed by atoms with Crippen LogP contribution < -0.4 is 10.6 Å². The van der Waals surface area contributed by atoms with Crippen molar-refractivity contribution in [1.82, 2.24) is 10.6 Å². The summed E-state index contributed by atoms with van der Waals surface area (Å²) in [5, 5.41) is 15.9. The van der Waals surface area contributed by atoms with Gasteiger partial charge in [-0.05, 0) is 37.1 Å². The van der Waals surface area contributed by atoms with E-state index < -0.39 is 11.8 Å². The molecule has 0 aliphatic carbocycles. The molecule has 0 saturated heterocycles. The summed E-state index contributed by atoms with van der Waals surface area (Å²) in [6.45, 7) is 3.71. The summed E-state index contributed by atoms with van der Waals surface area (Å²) < 4.78 is 0. The third kappa shape index (κ3) is 5.82. The van der Waals surface area contributed by atoms with Gasteiger partial charge >= 0.3 is 0 Å². The van der Waals surface area contributed by atoms with Gasteiger partial charge in [0.05, 0.1) is 12.1 Å². The van der Waals surface area contributed by atoms with Gasteiger partial charge < -0.3 is 15.7 Å². The second-order valence-electron chi connectivity index (χ2n) is 7.33. The van der Waals surface area contributed by atoms with E-state index in [0.717, 1.165) is 11.1 Å². The molecule has 2 atom stereocenters. The Balaban J connectivity index is 1.86. The standard InChI is InChI=1S/C26H26N2O3/c1-18(20-11-5-3-6-12-20)27-25(30)23(17-22-15-9-10-16-24(22)29)26(31)28-19(2)21-13-7-4-8-14-21/h3-19,29H,1-2H3,(H,27,30)(H,28,31). The van der Waals surface area contributed by atoms with Crippen LogP contribution >= 0.6 is 0 Å². The molecule has 0 aliphatic rings. The number of benzene rings is 3. The number of carbonyl (C=O) groups excluding carboxylic acids is 2. The molecule has 0 bridgehead atoms. The first kappa shape index (κ1) is 21.8. The van der Waals surface area contributed by atoms with Crippen molar-refractivity contribution in [3.63, 3.8) is 0 Å². The molecule has 5 heteroatoms. The summed E-state index contributed by atoms with van der Waals surface area (Å²) in [6.07, 6.45) is 1.41. The van der Waals surface area contributed by atoms with Gasteiger partial charge in [-0.25, -0.2) is 0 Å². The van der Waals surface area contributed by atoms with Gasteiger partial charge in [0.2, 0.25) is 0 Å². The highest BCUT2D eigenvalue weighted by atomic mass is 16.3. The molecule has 158 valence electrons. The van der Waals surface area contributed by atoms with Crippen LogP contribution in [-0.2, 0) is 9.59 Å². The predicted octanol–water partition coefficient (Wildman–Crippen LogP) is 4.53. The van der Waals surface area contributed by atoms with Gasteiger partial charge in [-0.2, -0.15) is 0 Å². The predicted molar refractivity (Wildman–Crippen MR) is 122 cm³/mol. The van der Waals surface area contributed by atoms with Gasteiger partial charge in [-0.3, -0.25) is 9.59 Å². The van der Waals surface area contributed by atoms with Crippen LogP contribution in [0.3, 0.4) is 0 Å². The van der Waals surface area contributed by atoms with Crippen LogP contribution in [0.4, 0.5) is 0 Å². The second kappa shape index (κ2) is 10.3. The highest BCUT2D eigenvalue weighted by Crippen LogP contribution is 2.21. The molecule has 5 nitrogen and oxygen atoms in total. The average Bonchev–Trinajstić information content (AvgIpc) is 2.79. The summed E-state index contributed by atoms with van der Waals surface area (Å²) in [5.74, 6) is -1.04. The van der Waals surface area contributed by atoms with E-state index in [2.05, 4.69) is 10.6 Å². The maximum absolute atomic E-state index is 13.1. The molecule has 3 rings (SSSR count). The number of rotatable bonds is 7. The molecule has 3 aromatic rings. The van der Waals surface area contributed by atoms with Gasteiger partial charge in [0.15, 0.2) is 0 Å². The lowest BCUT2D eigenvalue weighted by atomic mass is 10.0. The fourth-order valence-corrected chi connectivity index (χ4v) is 3.20. The zero-order valence-electron chi connectivity index (χ0n) is 17.6. The summed E-state index contributed by atoms with van der Waals surface area (Å²) >= 11 is 0. The summed E-state index contributed by atoms with van der Waals surface area (Å²) in [7, 11) is 0. The molecule has 3 N–H and O–H groups in total. The summed E-state index contributed by atoms with van der Waals surface area (Å²) in [6, 6.07) is 25.0. The Hall–Kier alpha value is -3.86. The van der Waals surface area contributed by atoms with Crippen LogP contribution in [0.2, 0.25) is 0 Å². The monoisotopic (exact) mass is 414 g/mol. The minimum Gasteiger partial charge on any atom is -0.507 e. The van der Waals surface area contributed by atoms with Crippen molar-refractivity contribution in [3.8, 4) is 5.75 Å². The highest BCUT2D eigenvalue weighted by molar-refractivity contribution is 6.22. The maximum Gasteiger partial charge on any atom is 0.257 e. The quantitative estimate of drug-likeness (QED) is 0.302. The largest absolute Gasteiger partial charge is 0.507 e. The van der Waals surface area contributed by atoms with Crippen LogP contribution in [-0.4, -0.2) is 16.9 Å². The Morgan fingerprint density at radius 2 is 1.13 bits per heavy atom. The fourth-order valence-electron chi connectivity index (χ4n) is 3.20. The van der Waals surface area contributed by atoms with Crippen molar-refractivity contribution in [2.45, 2.75) is 25.9 Å². The molecular formula is C26H26N2O3. The Morgan fingerprint density at radius 1 is 0.710 bits per heavy atom. The number of phenolic OH excluding ortho intramolecular Hbond substituents is 1. The van der Waals surface area contributed by atoms with Crippen LogP contribution in [0.25, 0.3) is 6.08 Å². The Kier molecular flexibility index (Phi) is 7.22. The molecule has 3 aromatic carbocycles. The van der Waals surface area contributed by atoms with Gasteiger partial charge in [0.1, 0.15) is 11.3 Å². The van der Waals surface area contributed by atoms with E-state index >= 15 is 0 Å². The van der Waals surface area contributed by atoms with E-state index in [0.29, 0.717) is 5.56 Å². The normalized spacial score (nSPS) is 12.3. The van der Waals surface area contributed by atoms with Crippen LogP contribution in [0.5, 0.6) is 5.75 Å². The second-order valence-corrected chi connectivity index (χ2v) is 7.33. The molecule has 0 radical (unpaired) electrons. The molecule has 0 heterocycles. The van der Waals surface area contributed by atoms with E-state index in [9.17, 15) is 14.7 Å². The van der Waals surface area contributed by atoms with Crippen molar-refractivity contribution in [1.29, 1.82) is 0 Å². The number of hydrogen-bond donors (Lipinski definition) is 3. The third-order valence-electron chi connectivity index (χ3n) is 5.02. The Labute approximate surface area is 182 Å². The molecule has 0 saturated carbocycles. The van der Waals surface area contributed by atoms with Gasteiger partial charge in [0, 0.05) is 5.56 Å². The number of phenols is 1. The molecule has 2 unspecified atom stereocenters. The van der Waals surface area contributed by atoms with Crippen molar-refractivity contribution in [2.24, 2.45) is 0 Å². The van der Waals surface area contributed by atoms with E-state index in [-0.39, 0.29) is 23.4 Å². The van der Waals surface area contributed by atoms with Gasteiger partial charge in [-0.15, -0.1) is 0 Å². The molecular weight excluding hydrogens is 388 g/mol. The van der Waals surface area contributed by atoms with Gasteiger partial charge in [-0.1, -0.05) is 78.9 Å². The molecule has 31 heavy (non-hydrogen) atoms. The fraction of sp³-hybridized carbons (Fsp3) is 0.154. The smallest absolute Gasteiger partial charge is 0.257 e. The third-order valence-corrected chi connectivity index (χ3v) is 5.02. The first-order chi connectivity index (χ1) is 15.0. The van der Waals surface area contributed by atoms with Crippen LogP contribution in [0, 0.1) is 0 Å². The Morgan fingerprint density at radius 3 is 1.58 bits per heavy atom.